The number of nitrogens with zero attached hydrogens (tertiary/aromatic N) is 3. The van der Waals surface area contributed by atoms with Gasteiger partial charge in [-0.15, -0.1) is 0 Å². The van der Waals surface area contributed by atoms with Crippen molar-refractivity contribution in [2.45, 2.75) is 13.2 Å². The van der Waals surface area contributed by atoms with E-state index >= 15 is 0 Å². The summed E-state index contributed by atoms with van der Waals surface area (Å²) in [5.41, 5.74) is 3.30. The maximum atomic E-state index is 9.50. The molecule has 0 fully saturated rings. The Morgan fingerprint density at radius 3 is 2.17 bits per heavy atom. The van der Waals surface area contributed by atoms with Gasteiger partial charge in [0.1, 0.15) is 18.4 Å². The second-order valence-electron chi connectivity index (χ2n) is 6.92. The molecule has 1 heterocycles. The fourth-order valence-electron chi connectivity index (χ4n) is 3.13. The minimum Gasteiger partial charge on any atom is -0.489 e. The van der Waals surface area contributed by atoms with Crippen molar-refractivity contribution >= 4 is 5.88 Å². The van der Waals surface area contributed by atoms with Crippen LogP contribution >= 0.6 is 0 Å². The minimum atomic E-state index is 0.271. The summed E-state index contributed by atoms with van der Waals surface area (Å²) in [4.78, 5) is 6.27. The van der Waals surface area contributed by atoms with E-state index in [-0.39, 0.29) is 5.69 Å². The molecule has 0 aliphatic heterocycles. The Balaban J connectivity index is 1.48. The zero-order valence-corrected chi connectivity index (χ0v) is 16.7. The highest BCUT2D eigenvalue weighted by atomic mass is 16.5. The van der Waals surface area contributed by atoms with E-state index < -0.39 is 0 Å². The van der Waals surface area contributed by atoms with E-state index in [2.05, 4.69) is 11.1 Å². The molecule has 0 atom stereocenters. The van der Waals surface area contributed by atoms with Crippen LogP contribution in [0.5, 0.6) is 5.75 Å². The van der Waals surface area contributed by atoms with Gasteiger partial charge in [-0.3, -0.25) is 0 Å². The summed E-state index contributed by atoms with van der Waals surface area (Å²) >= 11 is 0. The summed E-state index contributed by atoms with van der Waals surface area (Å²) in [6, 6.07) is 29.7. The Bertz CT molecular complexity index is 1130. The van der Waals surface area contributed by atoms with E-state index in [1.807, 2.05) is 96.9 Å². The number of anilines is 1. The summed E-state index contributed by atoms with van der Waals surface area (Å²) in [5.74, 6) is 1.63. The van der Waals surface area contributed by atoms with Crippen molar-refractivity contribution in [1.29, 1.82) is 5.26 Å². The van der Waals surface area contributed by atoms with Crippen LogP contribution in [0.25, 0.3) is 11.5 Å². The van der Waals surface area contributed by atoms with Crippen LogP contribution in [0.3, 0.4) is 0 Å². The lowest BCUT2D eigenvalue weighted by atomic mass is 10.2. The molecular weight excluding hydrogens is 374 g/mol. The van der Waals surface area contributed by atoms with Gasteiger partial charge in [0.25, 0.3) is 0 Å². The molecular formula is C25H21N3O2. The molecule has 0 spiro atoms. The molecule has 1 aromatic heterocycles. The van der Waals surface area contributed by atoms with Gasteiger partial charge in [0.2, 0.25) is 17.5 Å². The van der Waals surface area contributed by atoms with Crippen LogP contribution in [0.1, 0.15) is 16.8 Å². The highest BCUT2D eigenvalue weighted by Crippen LogP contribution is 2.29. The van der Waals surface area contributed by atoms with Crippen LogP contribution in [-0.2, 0) is 13.2 Å². The van der Waals surface area contributed by atoms with Crippen LogP contribution in [0.15, 0.2) is 89.3 Å². The number of oxazole rings is 1. The molecule has 5 heteroatoms. The number of aromatic nitrogens is 1. The Kier molecular flexibility index (Phi) is 5.77. The third-order valence-electron chi connectivity index (χ3n) is 4.67. The lowest BCUT2D eigenvalue weighted by Gasteiger charge is -2.15. The third-order valence-corrected chi connectivity index (χ3v) is 4.67. The number of benzene rings is 3. The first kappa shape index (κ1) is 19.3. The van der Waals surface area contributed by atoms with Gasteiger partial charge in [0.15, 0.2) is 0 Å². The molecule has 0 bridgehead atoms. The van der Waals surface area contributed by atoms with Crippen LogP contribution in [0.2, 0.25) is 0 Å². The number of nitriles is 1. The van der Waals surface area contributed by atoms with E-state index in [1.54, 1.807) is 0 Å². The summed E-state index contributed by atoms with van der Waals surface area (Å²) < 4.78 is 11.8. The van der Waals surface area contributed by atoms with Crippen LogP contribution in [0.4, 0.5) is 5.88 Å². The second kappa shape index (κ2) is 8.97. The first-order valence-electron chi connectivity index (χ1n) is 9.66. The summed E-state index contributed by atoms with van der Waals surface area (Å²) in [5, 5.41) is 9.50. The van der Waals surface area contributed by atoms with Gasteiger partial charge in [0, 0.05) is 19.2 Å². The first-order chi connectivity index (χ1) is 14.7. The van der Waals surface area contributed by atoms with Gasteiger partial charge in [-0.25, -0.2) is 0 Å². The van der Waals surface area contributed by atoms with Crippen molar-refractivity contribution in [3.05, 3.63) is 102 Å². The monoisotopic (exact) mass is 395 g/mol. The van der Waals surface area contributed by atoms with E-state index in [1.165, 1.54) is 0 Å². The van der Waals surface area contributed by atoms with Gasteiger partial charge in [-0.05, 0) is 35.4 Å². The van der Waals surface area contributed by atoms with Crippen molar-refractivity contribution < 1.29 is 9.15 Å². The normalized spacial score (nSPS) is 10.4. The van der Waals surface area contributed by atoms with Crippen molar-refractivity contribution in [3.63, 3.8) is 0 Å². The van der Waals surface area contributed by atoms with Crippen molar-refractivity contribution in [1.82, 2.24) is 4.98 Å². The molecule has 3 aromatic carbocycles. The smallest absolute Gasteiger partial charge is 0.235 e. The first-order valence-corrected chi connectivity index (χ1v) is 9.66. The van der Waals surface area contributed by atoms with Gasteiger partial charge in [-0.2, -0.15) is 10.2 Å². The zero-order chi connectivity index (χ0) is 20.8. The molecule has 4 aromatic rings. The molecule has 148 valence electrons. The Hall–Kier alpha value is -4.04. The van der Waals surface area contributed by atoms with E-state index in [9.17, 15) is 5.26 Å². The summed E-state index contributed by atoms with van der Waals surface area (Å²) in [7, 11) is 1.89. The van der Waals surface area contributed by atoms with E-state index in [4.69, 9.17) is 9.15 Å². The van der Waals surface area contributed by atoms with Gasteiger partial charge >= 0.3 is 0 Å². The largest absolute Gasteiger partial charge is 0.489 e. The van der Waals surface area contributed by atoms with Gasteiger partial charge < -0.3 is 14.1 Å². The van der Waals surface area contributed by atoms with Crippen LogP contribution < -0.4 is 9.64 Å². The maximum absolute atomic E-state index is 9.50. The predicted molar refractivity (Wildman–Crippen MR) is 116 cm³/mol. The molecule has 5 nitrogen and oxygen atoms in total. The van der Waals surface area contributed by atoms with Crippen LogP contribution in [-0.4, -0.2) is 12.0 Å². The maximum Gasteiger partial charge on any atom is 0.235 e. The minimum absolute atomic E-state index is 0.271. The van der Waals surface area contributed by atoms with Crippen LogP contribution in [0, 0.1) is 11.3 Å². The molecule has 0 amide bonds. The average Bonchev–Trinajstić information content (AvgIpc) is 3.24. The molecule has 0 aliphatic rings. The Labute approximate surface area is 175 Å². The lowest BCUT2D eigenvalue weighted by molar-refractivity contribution is 0.306. The molecule has 0 N–H and O–H groups in total. The molecule has 0 unspecified atom stereocenters. The molecule has 0 aliphatic carbocycles. The van der Waals surface area contributed by atoms with Gasteiger partial charge in [-0.1, -0.05) is 60.7 Å². The fraction of sp³-hybridized carbons (Fsp3) is 0.120. The fourth-order valence-corrected chi connectivity index (χ4v) is 3.13. The number of rotatable bonds is 7. The summed E-state index contributed by atoms with van der Waals surface area (Å²) in [6.45, 7) is 1.13. The predicted octanol–water partition coefficient (Wildman–Crippen LogP) is 5.43. The van der Waals surface area contributed by atoms with Crippen molar-refractivity contribution in [3.8, 4) is 23.3 Å². The Morgan fingerprint density at radius 1 is 0.900 bits per heavy atom. The highest BCUT2D eigenvalue weighted by molar-refractivity contribution is 5.60. The molecule has 4 rings (SSSR count). The topological polar surface area (TPSA) is 62.3 Å². The van der Waals surface area contributed by atoms with E-state index in [0.29, 0.717) is 24.9 Å². The number of hydrogen-bond donors (Lipinski definition) is 0. The highest BCUT2D eigenvalue weighted by Gasteiger charge is 2.18. The SMILES string of the molecule is CN(Cc1ccccc1)c1oc(-c2ccc(OCc3ccccc3)cc2)nc1C#N. The average molecular weight is 395 g/mol. The summed E-state index contributed by atoms with van der Waals surface area (Å²) in [6.07, 6.45) is 0. The van der Waals surface area contributed by atoms with E-state index in [0.717, 1.165) is 22.4 Å². The van der Waals surface area contributed by atoms with Gasteiger partial charge in [0.05, 0.1) is 0 Å². The standard InChI is InChI=1S/C25H21N3O2/c1-28(17-19-8-4-2-5-9-19)25-23(16-26)27-24(30-25)21-12-14-22(15-13-21)29-18-20-10-6-3-7-11-20/h2-15H,17-18H2,1H3. The molecule has 0 radical (unpaired) electrons. The van der Waals surface area contributed by atoms with Crippen molar-refractivity contribution in [2.24, 2.45) is 0 Å². The molecule has 0 saturated carbocycles. The number of hydrogen-bond acceptors (Lipinski definition) is 5. The second-order valence-corrected chi connectivity index (χ2v) is 6.92. The number of ether oxygens (including phenoxy) is 1. The quantitative estimate of drug-likeness (QED) is 0.418. The lowest BCUT2D eigenvalue weighted by Crippen LogP contribution is -2.16. The zero-order valence-electron chi connectivity index (χ0n) is 16.7. The third kappa shape index (κ3) is 4.50. The Morgan fingerprint density at radius 2 is 1.53 bits per heavy atom. The molecule has 0 saturated heterocycles. The molecule has 30 heavy (non-hydrogen) atoms. The van der Waals surface area contributed by atoms with Crippen molar-refractivity contribution in [2.75, 3.05) is 11.9 Å².